The van der Waals surface area contributed by atoms with Gasteiger partial charge in [-0.05, 0) is 29.0 Å². The molecule has 0 radical (unpaired) electrons. The lowest BCUT2D eigenvalue weighted by molar-refractivity contribution is -0.0806. The second-order valence-corrected chi connectivity index (χ2v) is 6.59. The number of aromatic carboxylic acids is 1. The lowest BCUT2D eigenvalue weighted by atomic mass is 9.70. The highest BCUT2D eigenvalue weighted by Gasteiger charge is 2.46. The molecule has 1 N–H and O–H groups in total. The maximum Gasteiger partial charge on any atom is 0.335 e. The van der Waals surface area contributed by atoms with Gasteiger partial charge in [-0.1, -0.05) is 39.8 Å². The molecule has 1 saturated heterocycles. The van der Waals surface area contributed by atoms with Crippen LogP contribution < -0.4 is 0 Å². The average Bonchev–Trinajstić information content (AvgIpc) is 2.26. The summed E-state index contributed by atoms with van der Waals surface area (Å²) in [6.45, 7) is 11.0. The Bertz CT molecular complexity index is 479. The molecule has 1 unspecified atom stereocenters. The fourth-order valence-corrected chi connectivity index (χ4v) is 3.61. The first-order chi connectivity index (χ1) is 8.81. The summed E-state index contributed by atoms with van der Waals surface area (Å²) in [5.41, 5.74) is 1.82. The molecule has 1 heterocycles. The van der Waals surface area contributed by atoms with Crippen LogP contribution in [-0.4, -0.2) is 28.6 Å². The minimum absolute atomic E-state index is 0.360. The number of rotatable bonds is 4. The highest BCUT2D eigenvalue weighted by atomic mass is 16.4. The van der Waals surface area contributed by atoms with Crippen molar-refractivity contribution in [2.24, 2.45) is 11.3 Å². The lowest BCUT2D eigenvalue weighted by Crippen LogP contribution is -2.63. The molecule has 3 heteroatoms. The van der Waals surface area contributed by atoms with Crippen LogP contribution in [-0.2, 0) is 6.54 Å². The monoisotopic (exact) mass is 261 g/mol. The molecular formula is C16H23NO2. The molecule has 1 aliphatic heterocycles. The normalized spacial score (nSPS) is 22.3. The number of hydrogen-bond acceptors (Lipinski definition) is 2. The Morgan fingerprint density at radius 2 is 2.16 bits per heavy atom. The van der Waals surface area contributed by atoms with Gasteiger partial charge in [0.2, 0.25) is 0 Å². The third-order valence-electron chi connectivity index (χ3n) is 4.00. The predicted molar refractivity (Wildman–Crippen MR) is 76.2 cm³/mol. The standard InChI is InChI=1S/C16H23NO2/c1-11(2)14-16(3,4)10-17(14)9-12-6-5-7-13(8-12)15(18)19/h5-8,11,14H,9-10H2,1-4H3,(H,18,19). The van der Waals surface area contributed by atoms with Gasteiger partial charge in [0.15, 0.2) is 0 Å². The van der Waals surface area contributed by atoms with E-state index in [0.29, 0.717) is 22.9 Å². The number of carboxylic acid groups (broad SMARTS) is 1. The summed E-state index contributed by atoms with van der Waals surface area (Å²) in [5.74, 6) is -0.238. The maximum atomic E-state index is 11.0. The largest absolute Gasteiger partial charge is 0.478 e. The van der Waals surface area contributed by atoms with Crippen molar-refractivity contribution < 1.29 is 9.90 Å². The van der Waals surface area contributed by atoms with E-state index in [1.165, 1.54) is 0 Å². The van der Waals surface area contributed by atoms with Gasteiger partial charge in [-0.3, -0.25) is 4.90 Å². The summed E-state index contributed by atoms with van der Waals surface area (Å²) in [6.07, 6.45) is 0. The quantitative estimate of drug-likeness (QED) is 0.904. The van der Waals surface area contributed by atoms with Gasteiger partial charge in [-0.15, -0.1) is 0 Å². The van der Waals surface area contributed by atoms with E-state index in [9.17, 15) is 4.79 Å². The van der Waals surface area contributed by atoms with Crippen molar-refractivity contribution in [2.45, 2.75) is 40.3 Å². The Hall–Kier alpha value is -1.35. The first-order valence-corrected chi connectivity index (χ1v) is 6.87. The van der Waals surface area contributed by atoms with Gasteiger partial charge in [0.1, 0.15) is 0 Å². The van der Waals surface area contributed by atoms with Crippen LogP contribution in [0.3, 0.4) is 0 Å². The van der Waals surface area contributed by atoms with Crippen molar-refractivity contribution in [2.75, 3.05) is 6.54 Å². The fraction of sp³-hybridized carbons (Fsp3) is 0.562. The van der Waals surface area contributed by atoms with Crippen LogP contribution in [0, 0.1) is 11.3 Å². The van der Waals surface area contributed by atoms with Crippen LogP contribution in [0.15, 0.2) is 24.3 Å². The van der Waals surface area contributed by atoms with Crippen molar-refractivity contribution in [3.05, 3.63) is 35.4 Å². The molecule has 0 bridgehead atoms. The Morgan fingerprint density at radius 3 is 2.68 bits per heavy atom. The summed E-state index contributed by atoms with van der Waals surface area (Å²) >= 11 is 0. The van der Waals surface area contributed by atoms with Gasteiger partial charge in [0.05, 0.1) is 5.56 Å². The van der Waals surface area contributed by atoms with Crippen LogP contribution in [0.2, 0.25) is 0 Å². The van der Waals surface area contributed by atoms with Crippen molar-refractivity contribution in [3.8, 4) is 0 Å². The summed E-state index contributed by atoms with van der Waals surface area (Å²) in [6, 6.07) is 7.83. The smallest absolute Gasteiger partial charge is 0.335 e. The van der Waals surface area contributed by atoms with E-state index in [1.807, 2.05) is 12.1 Å². The minimum atomic E-state index is -0.855. The summed E-state index contributed by atoms with van der Waals surface area (Å²) in [7, 11) is 0. The van der Waals surface area contributed by atoms with E-state index in [1.54, 1.807) is 12.1 Å². The Balaban J connectivity index is 2.10. The predicted octanol–water partition coefficient (Wildman–Crippen LogP) is 3.25. The number of benzene rings is 1. The number of nitrogens with zero attached hydrogens (tertiary/aromatic N) is 1. The zero-order valence-corrected chi connectivity index (χ0v) is 12.2. The van der Waals surface area contributed by atoms with Gasteiger partial charge in [-0.2, -0.15) is 0 Å². The number of carbonyl (C=O) groups is 1. The topological polar surface area (TPSA) is 40.5 Å². The first-order valence-electron chi connectivity index (χ1n) is 6.87. The van der Waals surface area contributed by atoms with Gasteiger partial charge in [-0.25, -0.2) is 4.79 Å². The molecule has 0 aromatic heterocycles. The Labute approximate surface area is 115 Å². The zero-order valence-electron chi connectivity index (χ0n) is 12.2. The van der Waals surface area contributed by atoms with E-state index in [4.69, 9.17) is 5.11 Å². The molecule has 19 heavy (non-hydrogen) atoms. The van der Waals surface area contributed by atoms with Gasteiger partial charge < -0.3 is 5.11 Å². The Morgan fingerprint density at radius 1 is 1.47 bits per heavy atom. The molecule has 0 amide bonds. The summed E-state index contributed by atoms with van der Waals surface area (Å²) < 4.78 is 0. The second kappa shape index (κ2) is 4.97. The fourth-order valence-electron chi connectivity index (χ4n) is 3.61. The lowest BCUT2D eigenvalue weighted by Gasteiger charge is -2.56. The third kappa shape index (κ3) is 2.81. The summed E-state index contributed by atoms with van der Waals surface area (Å²) in [5, 5.41) is 9.02. The second-order valence-electron chi connectivity index (χ2n) is 6.59. The number of hydrogen-bond donors (Lipinski definition) is 1. The van der Waals surface area contributed by atoms with E-state index >= 15 is 0 Å². The van der Waals surface area contributed by atoms with E-state index in [2.05, 4.69) is 32.6 Å². The van der Waals surface area contributed by atoms with Crippen molar-refractivity contribution in [1.29, 1.82) is 0 Å². The molecule has 1 fully saturated rings. The summed E-state index contributed by atoms with van der Waals surface area (Å²) in [4.78, 5) is 13.4. The van der Waals surface area contributed by atoms with Crippen molar-refractivity contribution in [1.82, 2.24) is 4.90 Å². The Kier molecular flexibility index (Phi) is 3.68. The van der Waals surface area contributed by atoms with E-state index < -0.39 is 5.97 Å². The molecular weight excluding hydrogens is 238 g/mol. The van der Waals surface area contributed by atoms with E-state index in [0.717, 1.165) is 18.7 Å². The molecule has 1 aliphatic rings. The molecule has 1 atom stereocenters. The van der Waals surface area contributed by atoms with Crippen molar-refractivity contribution >= 4 is 5.97 Å². The van der Waals surface area contributed by atoms with Gasteiger partial charge in [0.25, 0.3) is 0 Å². The zero-order chi connectivity index (χ0) is 14.2. The molecule has 1 aromatic carbocycles. The molecule has 1 aromatic rings. The molecule has 104 valence electrons. The minimum Gasteiger partial charge on any atom is -0.478 e. The number of likely N-dealkylation sites (tertiary alicyclic amines) is 1. The maximum absolute atomic E-state index is 11.0. The highest BCUT2D eigenvalue weighted by Crippen LogP contribution is 2.41. The highest BCUT2D eigenvalue weighted by molar-refractivity contribution is 5.87. The molecule has 0 spiro atoms. The molecule has 3 nitrogen and oxygen atoms in total. The molecule has 0 saturated carbocycles. The SMILES string of the molecule is CC(C)C1N(Cc2cccc(C(=O)O)c2)CC1(C)C. The number of carboxylic acids is 1. The van der Waals surface area contributed by atoms with Crippen molar-refractivity contribution in [3.63, 3.8) is 0 Å². The van der Waals surface area contributed by atoms with Crippen LogP contribution in [0.25, 0.3) is 0 Å². The third-order valence-corrected chi connectivity index (χ3v) is 4.00. The van der Waals surface area contributed by atoms with E-state index in [-0.39, 0.29) is 0 Å². The molecule has 0 aliphatic carbocycles. The average molecular weight is 261 g/mol. The van der Waals surface area contributed by atoms with Crippen LogP contribution in [0.4, 0.5) is 0 Å². The van der Waals surface area contributed by atoms with Crippen LogP contribution in [0.5, 0.6) is 0 Å². The van der Waals surface area contributed by atoms with Gasteiger partial charge >= 0.3 is 5.97 Å². The first kappa shape index (κ1) is 14.1. The van der Waals surface area contributed by atoms with Gasteiger partial charge in [0, 0.05) is 19.1 Å². The van der Waals surface area contributed by atoms with Crippen LogP contribution >= 0.6 is 0 Å². The molecule has 2 rings (SSSR count). The van der Waals surface area contributed by atoms with Crippen LogP contribution in [0.1, 0.15) is 43.6 Å².